The summed E-state index contributed by atoms with van der Waals surface area (Å²) in [7, 11) is 0. The Labute approximate surface area is 146 Å². The molecule has 2 aliphatic rings. The Morgan fingerprint density at radius 3 is 2.76 bits per heavy atom. The molecule has 5 nitrogen and oxygen atoms in total. The van der Waals surface area contributed by atoms with Gasteiger partial charge in [-0.05, 0) is 30.5 Å². The van der Waals surface area contributed by atoms with E-state index >= 15 is 0 Å². The van der Waals surface area contributed by atoms with E-state index in [-0.39, 0.29) is 18.1 Å². The molecule has 0 spiro atoms. The van der Waals surface area contributed by atoms with Gasteiger partial charge in [-0.2, -0.15) is 0 Å². The van der Waals surface area contributed by atoms with Gasteiger partial charge in [0, 0.05) is 38.8 Å². The van der Waals surface area contributed by atoms with Gasteiger partial charge in [-0.15, -0.1) is 0 Å². The van der Waals surface area contributed by atoms with Gasteiger partial charge in [0.2, 0.25) is 5.91 Å². The molecule has 0 aliphatic carbocycles. The van der Waals surface area contributed by atoms with Crippen LogP contribution in [0.3, 0.4) is 0 Å². The third-order valence-electron chi connectivity index (χ3n) is 4.76. The maximum atomic E-state index is 13.3. The molecule has 1 aromatic rings. The summed E-state index contributed by atoms with van der Waals surface area (Å²) in [6.07, 6.45) is 2.07. The van der Waals surface area contributed by atoms with Crippen molar-refractivity contribution in [2.45, 2.75) is 38.0 Å². The number of nitrogens with zero attached hydrogens (tertiary/aromatic N) is 1. The predicted molar refractivity (Wildman–Crippen MR) is 90.0 cm³/mol. The maximum Gasteiger partial charge on any atom is 0.222 e. The summed E-state index contributed by atoms with van der Waals surface area (Å²) in [5, 5.41) is 6.30. The topological polar surface area (TPSA) is 53.6 Å². The van der Waals surface area contributed by atoms with Gasteiger partial charge in [-0.1, -0.05) is 6.07 Å². The number of ether oxygens (including phenoxy) is 1. The van der Waals surface area contributed by atoms with Crippen LogP contribution >= 0.6 is 0 Å². The van der Waals surface area contributed by atoms with Crippen LogP contribution in [0.1, 0.15) is 24.8 Å². The second-order valence-corrected chi connectivity index (χ2v) is 6.77. The molecule has 7 heteroatoms. The fourth-order valence-corrected chi connectivity index (χ4v) is 3.38. The summed E-state index contributed by atoms with van der Waals surface area (Å²) in [4.78, 5) is 14.3. The van der Waals surface area contributed by atoms with E-state index < -0.39 is 11.6 Å². The van der Waals surface area contributed by atoms with E-state index in [9.17, 15) is 13.6 Å². The molecule has 0 saturated carbocycles. The Kier molecular flexibility index (Phi) is 6.34. The van der Waals surface area contributed by atoms with E-state index in [1.807, 2.05) is 0 Å². The molecule has 2 saturated heterocycles. The van der Waals surface area contributed by atoms with Gasteiger partial charge in [0.1, 0.15) is 0 Å². The number of morpholine rings is 1. The Balaban J connectivity index is 1.39. The van der Waals surface area contributed by atoms with Crippen LogP contribution in [0.4, 0.5) is 8.78 Å². The molecule has 2 N–H and O–H groups in total. The zero-order chi connectivity index (χ0) is 17.6. The largest absolute Gasteiger partial charge is 0.375 e. The highest BCUT2D eigenvalue weighted by Crippen LogP contribution is 2.16. The van der Waals surface area contributed by atoms with Crippen molar-refractivity contribution in [3.05, 3.63) is 35.4 Å². The third-order valence-corrected chi connectivity index (χ3v) is 4.76. The molecule has 1 atom stereocenters. The van der Waals surface area contributed by atoms with E-state index in [0.717, 1.165) is 44.6 Å². The Morgan fingerprint density at radius 2 is 2.08 bits per heavy atom. The van der Waals surface area contributed by atoms with E-state index in [0.29, 0.717) is 19.6 Å². The number of hydrogen-bond acceptors (Lipinski definition) is 4. The molecule has 0 aromatic heterocycles. The van der Waals surface area contributed by atoms with Crippen LogP contribution in [0.15, 0.2) is 18.2 Å². The Bertz CT molecular complexity index is 586. The SMILES string of the molecule is O=C(C[C@H]1CNCCO1)NC1CCN(Cc2ccc(F)c(F)c2)CC1. The van der Waals surface area contributed by atoms with Gasteiger partial charge >= 0.3 is 0 Å². The average molecular weight is 353 g/mol. The minimum Gasteiger partial charge on any atom is -0.375 e. The molecule has 138 valence electrons. The number of carbonyl (C=O) groups excluding carboxylic acids is 1. The fraction of sp³-hybridized carbons (Fsp3) is 0.611. The van der Waals surface area contributed by atoms with Crippen LogP contribution in [-0.2, 0) is 16.1 Å². The van der Waals surface area contributed by atoms with Gasteiger partial charge in [-0.25, -0.2) is 8.78 Å². The lowest BCUT2D eigenvalue weighted by Gasteiger charge is -2.33. The van der Waals surface area contributed by atoms with Crippen molar-refractivity contribution in [3.63, 3.8) is 0 Å². The van der Waals surface area contributed by atoms with Gasteiger partial charge in [0.25, 0.3) is 0 Å². The fourth-order valence-electron chi connectivity index (χ4n) is 3.38. The second-order valence-electron chi connectivity index (χ2n) is 6.77. The summed E-state index contributed by atoms with van der Waals surface area (Å²) < 4.78 is 31.8. The molecule has 0 unspecified atom stereocenters. The molecule has 0 radical (unpaired) electrons. The summed E-state index contributed by atoms with van der Waals surface area (Å²) in [5.41, 5.74) is 0.767. The normalized spacial score (nSPS) is 22.7. The minimum absolute atomic E-state index is 0.0350. The van der Waals surface area contributed by atoms with Crippen molar-refractivity contribution in [1.82, 2.24) is 15.5 Å². The van der Waals surface area contributed by atoms with Gasteiger partial charge in [0.15, 0.2) is 11.6 Å². The third kappa shape index (κ3) is 5.45. The number of piperidine rings is 1. The monoisotopic (exact) mass is 353 g/mol. The van der Waals surface area contributed by atoms with Crippen molar-refractivity contribution in [2.75, 3.05) is 32.8 Å². The number of amides is 1. The molecule has 2 heterocycles. The number of nitrogens with one attached hydrogen (secondary N) is 2. The number of halogens is 2. The van der Waals surface area contributed by atoms with Gasteiger partial charge in [0.05, 0.1) is 19.1 Å². The summed E-state index contributed by atoms with van der Waals surface area (Å²) in [5.74, 6) is -1.59. The highest BCUT2D eigenvalue weighted by molar-refractivity contribution is 5.76. The summed E-state index contributed by atoms with van der Waals surface area (Å²) in [6, 6.07) is 4.20. The van der Waals surface area contributed by atoms with Crippen LogP contribution in [0, 0.1) is 11.6 Å². The van der Waals surface area contributed by atoms with Crippen molar-refractivity contribution in [1.29, 1.82) is 0 Å². The highest BCUT2D eigenvalue weighted by atomic mass is 19.2. The summed E-state index contributed by atoms with van der Waals surface area (Å²) in [6.45, 7) is 4.46. The van der Waals surface area contributed by atoms with Crippen LogP contribution in [0.25, 0.3) is 0 Å². The molecule has 2 aliphatic heterocycles. The average Bonchev–Trinajstić information content (AvgIpc) is 2.61. The van der Waals surface area contributed by atoms with E-state index in [2.05, 4.69) is 15.5 Å². The highest BCUT2D eigenvalue weighted by Gasteiger charge is 2.23. The Hall–Kier alpha value is -1.57. The van der Waals surface area contributed by atoms with Crippen LogP contribution < -0.4 is 10.6 Å². The quantitative estimate of drug-likeness (QED) is 0.841. The van der Waals surface area contributed by atoms with E-state index in [1.54, 1.807) is 6.07 Å². The van der Waals surface area contributed by atoms with Gasteiger partial charge in [-0.3, -0.25) is 9.69 Å². The lowest BCUT2D eigenvalue weighted by molar-refractivity contribution is -0.125. The molecular formula is C18H25F2N3O2. The number of likely N-dealkylation sites (tertiary alicyclic amines) is 1. The molecule has 2 fully saturated rings. The molecule has 3 rings (SSSR count). The van der Waals surface area contributed by atoms with E-state index in [1.165, 1.54) is 12.1 Å². The lowest BCUT2D eigenvalue weighted by atomic mass is 10.0. The zero-order valence-electron chi connectivity index (χ0n) is 14.3. The van der Waals surface area contributed by atoms with Crippen LogP contribution in [-0.4, -0.2) is 55.7 Å². The van der Waals surface area contributed by atoms with Crippen molar-refractivity contribution in [2.24, 2.45) is 0 Å². The number of carbonyl (C=O) groups is 1. The predicted octanol–water partition coefficient (Wildman–Crippen LogP) is 1.42. The van der Waals surface area contributed by atoms with Crippen LogP contribution in [0.5, 0.6) is 0 Å². The lowest BCUT2D eigenvalue weighted by Crippen LogP contribution is -2.46. The first-order valence-electron chi connectivity index (χ1n) is 8.88. The minimum atomic E-state index is -0.817. The first-order valence-corrected chi connectivity index (χ1v) is 8.88. The van der Waals surface area contributed by atoms with Crippen molar-refractivity contribution < 1.29 is 18.3 Å². The molecule has 1 amide bonds. The maximum absolute atomic E-state index is 13.3. The summed E-state index contributed by atoms with van der Waals surface area (Å²) >= 11 is 0. The van der Waals surface area contributed by atoms with E-state index in [4.69, 9.17) is 4.74 Å². The number of hydrogen-bond donors (Lipinski definition) is 2. The smallest absolute Gasteiger partial charge is 0.222 e. The van der Waals surface area contributed by atoms with Crippen molar-refractivity contribution >= 4 is 5.91 Å². The van der Waals surface area contributed by atoms with Gasteiger partial charge < -0.3 is 15.4 Å². The molecular weight excluding hydrogens is 328 g/mol. The number of rotatable bonds is 5. The molecule has 1 aromatic carbocycles. The first-order chi connectivity index (χ1) is 12.1. The van der Waals surface area contributed by atoms with Crippen LogP contribution in [0.2, 0.25) is 0 Å². The molecule has 0 bridgehead atoms. The number of benzene rings is 1. The molecule has 25 heavy (non-hydrogen) atoms. The Morgan fingerprint density at radius 1 is 1.28 bits per heavy atom. The van der Waals surface area contributed by atoms with Crippen molar-refractivity contribution in [3.8, 4) is 0 Å². The second kappa shape index (κ2) is 8.69. The standard InChI is InChI=1S/C18H25F2N3O2/c19-16-2-1-13(9-17(16)20)12-23-6-3-14(4-7-23)22-18(24)10-15-11-21-5-8-25-15/h1-2,9,14-15,21H,3-8,10-12H2,(H,22,24)/t15-/m0/s1. The zero-order valence-corrected chi connectivity index (χ0v) is 14.3. The first kappa shape index (κ1) is 18.2.